The maximum Gasteiger partial charge on any atom is 0.211 e. The van der Waals surface area contributed by atoms with Crippen LogP contribution in [0.2, 0.25) is 0 Å². The van der Waals surface area contributed by atoms with Crippen molar-refractivity contribution in [2.75, 3.05) is 26.0 Å². The van der Waals surface area contributed by atoms with E-state index in [0.29, 0.717) is 25.2 Å². The third-order valence-electron chi connectivity index (χ3n) is 14.3. The standard InChI is InChI=1S/C35H53NO6S/c1-31-14-11-25(37)20-33(31)17-18-35(27(21-33)30(38)24-8-5-4-6-9-24)28(31)12-15-32(2)29(35)13-16-34(32,39)23-36(43(3,40)41)22-26-10-7-19-42-26/h17-18,21,24-26,28-29,37,39H,4-16,19-20,22-23H2,1-3H3/t25?,26-,28-,29-,31-,32+,33+,34-,35-/m1/s1. The van der Waals surface area contributed by atoms with Gasteiger partial charge in [0.25, 0.3) is 0 Å². The lowest BCUT2D eigenvalue weighted by molar-refractivity contribution is -0.177. The lowest BCUT2D eigenvalue weighted by atomic mass is 9.32. The van der Waals surface area contributed by atoms with Crippen molar-refractivity contribution in [3.8, 4) is 0 Å². The third kappa shape index (κ3) is 4.32. The maximum atomic E-state index is 14.7. The number of hydrogen-bond donors (Lipinski definition) is 2. The number of fused-ring (bicyclic) bond motifs is 1. The molecule has 43 heavy (non-hydrogen) atoms. The fraction of sp³-hybridized carbons (Fsp3) is 0.857. The minimum atomic E-state index is -3.56. The van der Waals surface area contributed by atoms with E-state index >= 15 is 0 Å². The summed E-state index contributed by atoms with van der Waals surface area (Å²) >= 11 is 0. The Bertz CT molecular complexity index is 1320. The average molecular weight is 616 g/mol. The van der Waals surface area contributed by atoms with Gasteiger partial charge in [0.2, 0.25) is 10.0 Å². The van der Waals surface area contributed by atoms with Crippen molar-refractivity contribution in [3.63, 3.8) is 0 Å². The van der Waals surface area contributed by atoms with Crippen molar-refractivity contribution >= 4 is 15.8 Å². The maximum absolute atomic E-state index is 14.7. The van der Waals surface area contributed by atoms with Gasteiger partial charge < -0.3 is 14.9 Å². The summed E-state index contributed by atoms with van der Waals surface area (Å²) in [6.45, 7) is 5.62. The van der Waals surface area contributed by atoms with Crippen LogP contribution in [0.4, 0.5) is 0 Å². The van der Waals surface area contributed by atoms with E-state index in [1.54, 1.807) is 0 Å². The molecule has 2 bridgehead atoms. The van der Waals surface area contributed by atoms with Gasteiger partial charge in [-0.3, -0.25) is 4.79 Å². The van der Waals surface area contributed by atoms with E-state index in [9.17, 15) is 23.4 Å². The average Bonchev–Trinajstić information content (AvgIpc) is 3.58. The predicted molar refractivity (Wildman–Crippen MR) is 166 cm³/mol. The van der Waals surface area contributed by atoms with Gasteiger partial charge in [0.15, 0.2) is 5.78 Å². The number of allylic oxidation sites excluding steroid dienone is 4. The molecule has 4 saturated carbocycles. The predicted octanol–water partition coefficient (Wildman–Crippen LogP) is 5.17. The molecule has 0 aromatic rings. The Morgan fingerprint density at radius 2 is 1.65 bits per heavy atom. The molecule has 240 valence electrons. The molecular weight excluding hydrogens is 562 g/mol. The molecule has 5 fully saturated rings. The lowest BCUT2D eigenvalue weighted by Crippen LogP contribution is -2.67. The van der Waals surface area contributed by atoms with Crippen molar-refractivity contribution in [2.45, 2.75) is 122 Å². The number of carbonyl (C=O) groups excluding carboxylic acids is 1. The number of sulfonamides is 1. The molecule has 8 aliphatic rings. The van der Waals surface area contributed by atoms with Crippen molar-refractivity contribution in [1.82, 2.24) is 4.31 Å². The van der Waals surface area contributed by atoms with Gasteiger partial charge in [-0.15, -0.1) is 0 Å². The summed E-state index contributed by atoms with van der Waals surface area (Å²) in [6.07, 6.45) is 20.3. The summed E-state index contributed by atoms with van der Waals surface area (Å²) in [6, 6.07) is 0. The highest BCUT2D eigenvalue weighted by molar-refractivity contribution is 7.88. The molecule has 0 radical (unpaired) electrons. The zero-order valence-electron chi connectivity index (χ0n) is 26.5. The van der Waals surface area contributed by atoms with E-state index in [1.165, 1.54) is 17.0 Å². The van der Waals surface area contributed by atoms with E-state index in [-0.39, 0.29) is 53.9 Å². The first-order valence-corrected chi connectivity index (χ1v) is 19.1. The molecule has 1 saturated heterocycles. The Balaban J connectivity index is 1.30. The summed E-state index contributed by atoms with van der Waals surface area (Å²) in [5, 5.41) is 23.6. The van der Waals surface area contributed by atoms with Gasteiger partial charge in [-0.2, -0.15) is 4.31 Å². The van der Waals surface area contributed by atoms with Crippen LogP contribution < -0.4 is 0 Å². The van der Waals surface area contributed by atoms with Crippen molar-refractivity contribution in [2.24, 2.45) is 39.4 Å². The topological polar surface area (TPSA) is 104 Å². The van der Waals surface area contributed by atoms with Crippen LogP contribution in [0.5, 0.6) is 0 Å². The number of ether oxygens (including phenoxy) is 1. The largest absolute Gasteiger partial charge is 0.393 e. The lowest BCUT2D eigenvalue weighted by Gasteiger charge is -2.71. The molecule has 0 aromatic carbocycles. The fourth-order valence-corrected chi connectivity index (χ4v) is 12.7. The van der Waals surface area contributed by atoms with Crippen molar-refractivity contribution in [1.29, 1.82) is 0 Å². The molecule has 2 N–H and O–H groups in total. The van der Waals surface area contributed by atoms with Crippen LogP contribution in [0, 0.1) is 39.4 Å². The summed E-state index contributed by atoms with van der Waals surface area (Å²) in [7, 11) is -3.56. The molecular formula is C35H53NO6S. The number of aliphatic hydroxyl groups is 2. The zero-order chi connectivity index (χ0) is 30.5. The molecule has 9 atom stereocenters. The second-order valence-corrected chi connectivity index (χ2v) is 18.2. The Hall–Kier alpha value is -1.06. The molecule has 0 amide bonds. The van der Waals surface area contributed by atoms with Crippen LogP contribution >= 0.6 is 0 Å². The third-order valence-corrected chi connectivity index (χ3v) is 15.5. The van der Waals surface area contributed by atoms with Gasteiger partial charge in [-0.1, -0.05) is 51.3 Å². The van der Waals surface area contributed by atoms with E-state index in [2.05, 4.69) is 32.1 Å². The first-order valence-electron chi connectivity index (χ1n) is 17.2. The van der Waals surface area contributed by atoms with Crippen LogP contribution in [-0.4, -0.2) is 72.5 Å². The Morgan fingerprint density at radius 3 is 2.35 bits per heavy atom. The van der Waals surface area contributed by atoms with Gasteiger partial charge >= 0.3 is 0 Å². The van der Waals surface area contributed by atoms with Crippen LogP contribution in [-0.2, 0) is 19.6 Å². The first-order chi connectivity index (χ1) is 20.3. The van der Waals surface area contributed by atoms with Gasteiger partial charge in [-0.05, 0) is 87.9 Å². The van der Waals surface area contributed by atoms with Crippen LogP contribution in [0.1, 0.15) is 104 Å². The van der Waals surface area contributed by atoms with Crippen LogP contribution in [0.25, 0.3) is 0 Å². The fourth-order valence-electron chi connectivity index (χ4n) is 11.8. The molecule has 1 heterocycles. The second-order valence-electron chi connectivity index (χ2n) is 16.2. The number of nitrogens with zero attached hydrogens (tertiary/aromatic N) is 1. The summed E-state index contributed by atoms with van der Waals surface area (Å²) in [5.74, 6) is 0.680. The Morgan fingerprint density at radius 1 is 0.953 bits per heavy atom. The summed E-state index contributed by atoms with van der Waals surface area (Å²) < 4.78 is 33.5. The molecule has 8 heteroatoms. The first kappa shape index (κ1) is 30.6. The van der Waals surface area contributed by atoms with Crippen LogP contribution in [0.15, 0.2) is 23.8 Å². The molecule has 1 aliphatic heterocycles. The van der Waals surface area contributed by atoms with Gasteiger partial charge in [0.1, 0.15) is 0 Å². The van der Waals surface area contributed by atoms with Crippen molar-refractivity contribution < 1.29 is 28.2 Å². The summed E-state index contributed by atoms with van der Waals surface area (Å²) in [5.41, 5.74) is -1.60. The number of hydrogen-bond acceptors (Lipinski definition) is 6. The molecule has 0 aromatic heterocycles. The van der Waals surface area contributed by atoms with E-state index in [1.807, 2.05) is 0 Å². The number of rotatable bonds is 7. The summed E-state index contributed by atoms with van der Waals surface area (Å²) in [4.78, 5) is 14.7. The molecule has 1 unspecified atom stereocenters. The zero-order valence-corrected chi connectivity index (χ0v) is 27.3. The minimum Gasteiger partial charge on any atom is -0.393 e. The van der Waals surface area contributed by atoms with Gasteiger partial charge in [0, 0.05) is 47.4 Å². The Kier molecular flexibility index (Phi) is 7.27. The van der Waals surface area contributed by atoms with E-state index in [4.69, 9.17) is 4.74 Å². The SMILES string of the molecule is C[C@]12CC[C@H]3[C@]4(C=C[C@@]5(C=C4C(=O)C4CCCCC4)CC(O)CC[C@]35C)[C@@H]1CC[C@@]2(O)CN(C[C@H]1CCCO1)S(C)(=O)=O. The molecule has 2 spiro atoms. The second kappa shape index (κ2) is 10.2. The highest BCUT2D eigenvalue weighted by Crippen LogP contribution is 2.78. The normalized spacial score (nSPS) is 47.7. The number of ketones is 1. The smallest absolute Gasteiger partial charge is 0.211 e. The molecule has 8 rings (SSSR count). The van der Waals surface area contributed by atoms with E-state index in [0.717, 1.165) is 76.2 Å². The Labute approximate surface area is 258 Å². The molecule has 7 nitrogen and oxygen atoms in total. The van der Waals surface area contributed by atoms with Crippen molar-refractivity contribution in [3.05, 3.63) is 23.8 Å². The number of aliphatic hydroxyl groups excluding tert-OH is 1. The molecule has 7 aliphatic carbocycles. The highest BCUT2D eigenvalue weighted by Gasteiger charge is 2.74. The number of Topliss-reactive ketones (excluding diaryl/α,β-unsaturated/α-hetero) is 1. The quantitative estimate of drug-likeness (QED) is 0.383. The van der Waals surface area contributed by atoms with Gasteiger partial charge in [0.05, 0.1) is 24.1 Å². The number of carbonyl (C=O) groups is 1. The van der Waals surface area contributed by atoms with Gasteiger partial charge in [-0.25, -0.2) is 8.42 Å². The minimum absolute atomic E-state index is 0.0462. The van der Waals surface area contributed by atoms with Crippen LogP contribution in [0.3, 0.4) is 0 Å². The monoisotopic (exact) mass is 615 g/mol. The van der Waals surface area contributed by atoms with E-state index < -0.39 is 26.5 Å². The highest BCUT2D eigenvalue weighted by atomic mass is 32.2.